The molecule has 2 fully saturated rings. The van der Waals surface area contributed by atoms with Crippen molar-refractivity contribution in [2.75, 3.05) is 18.4 Å². The fraction of sp³-hybridized carbons (Fsp3) is 0.421. The fourth-order valence-corrected chi connectivity index (χ4v) is 3.78. The van der Waals surface area contributed by atoms with Crippen molar-refractivity contribution >= 4 is 29.1 Å². The normalized spacial score (nSPS) is 21.7. The zero-order valence-corrected chi connectivity index (χ0v) is 15.4. The van der Waals surface area contributed by atoms with Crippen molar-refractivity contribution in [3.05, 3.63) is 46.7 Å². The molecule has 1 aromatic carbocycles. The molecule has 0 radical (unpaired) electrons. The Balaban J connectivity index is 1.50. The molecule has 2 unspecified atom stereocenters. The largest absolute Gasteiger partial charge is 0.339 e. The van der Waals surface area contributed by atoms with Gasteiger partial charge in [-0.2, -0.15) is 5.10 Å². The minimum Gasteiger partial charge on any atom is -0.339 e. The number of aromatic nitrogens is 2. The molecule has 4 rings (SSSR count). The number of nitrogens with one attached hydrogen (secondary N) is 1. The Kier molecular flexibility index (Phi) is 4.44. The summed E-state index contributed by atoms with van der Waals surface area (Å²) in [7, 11) is 1.86. The fourth-order valence-electron chi connectivity index (χ4n) is 3.61. The average Bonchev–Trinajstić information content (AvgIpc) is 3.02. The number of amides is 2. The summed E-state index contributed by atoms with van der Waals surface area (Å²) in [5.74, 6) is -0.0146. The highest BCUT2D eigenvalue weighted by molar-refractivity contribution is 6.31. The lowest BCUT2D eigenvalue weighted by Crippen LogP contribution is -2.29. The Hall–Kier alpha value is -2.34. The van der Waals surface area contributed by atoms with E-state index in [1.165, 1.54) is 0 Å². The van der Waals surface area contributed by atoms with Gasteiger partial charge in [-0.15, -0.1) is 0 Å². The Bertz CT molecular complexity index is 857. The highest BCUT2D eigenvalue weighted by atomic mass is 35.5. The van der Waals surface area contributed by atoms with Gasteiger partial charge in [0.2, 0.25) is 5.91 Å². The molecular weight excluding hydrogens is 352 g/mol. The van der Waals surface area contributed by atoms with E-state index in [1.807, 2.05) is 18.1 Å². The number of carbonyl (C=O) groups excluding carboxylic acids is 2. The second-order valence-corrected chi connectivity index (χ2v) is 7.51. The van der Waals surface area contributed by atoms with Gasteiger partial charge in [-0.25, -0.2) is 0 Å². The number of benzene rings is 1. The van der Waals surface area contributed by atoms with E-state index in [9.17, 15) is 9.59 Å². The lowest BCUT2D eigenvalue weighted by molar-refractivity contribution is -0.117. The van der Waals surface area contributed by atoms with Crippen molar-refractivity contribution < 1.29 is 9.59 Å². The monoisotopic (exact) mass is 372 g/mol. The summed E-state index contributed by atoms with van der Waals surface area (Å²) in [4.78, 5) is 27.2. The van der Waals surface area contributed by atoms with Crippen molar-refractivity contribution in [2.45, 2.75) is 25.2 Å². The number of halogens is 1. The molecule has 7 heteroatoms. The smallest absolute Gasteiger partial charge is 0.255 e. The molecule has 1 aliphatic carbocycles. The molecule has 2 heterocycles. The molecule has 1 saturated carbocycles. The van der Waals surface area contributed by atoms with Crippen LogP contribution in [0, 0.1) is 5.92 Å². The molecule has 6 nitrogen and oxygen atoms in total. The molecular formula is C19H21ClN4O2. The Morgan fingerprint density at radius 2 is 2.04 bits per heavy atom. The first kappa shape index (κ1) is 17.1. The molecule has 0 spiro atoms. The van der Waals surface area contributed by atoms with Crippen LogP contribution in [0.25, 0.3) is 0 Å². The summed E-state index contributed by atoms with van der Waals surface area (Å²) in [6, 6.07) is 5.05. The lowest BCUT2D eigenvalue weighted by Gasteiger charge is -2.18. The maximum absolute atomic E-state index is 12.8. The molecule has 26 heavy (non-hydrogen) atoms. The second-order valence-electron chi connectivity index (χ2n) is 7.07. The molecule has 136 valence electrons. The third-order valence-corrected chi connectivity index (χ3v) is 5.38. The van der Waals surface area contributed by atoms with E-state index in [4.69, 9.17) is 11.6 Å². The summed E-state index contributed by atoms with van der Waals surface area (Å²) in [6.07, 6.45) is 6.60. The average molecular weight is 373 g/mol. The van der Waals surface area contributed by atoms with Crippen LogP contribution in [0.4, 0.5) is 5.69 Å². The standard InChI is InChI=1S/C19H21ClN4O2/c1-23-11-12(10-21-23)15-9-16(15)18(25)22-17-8-13(20)4-5-14(17)19(26)24-6-2-3-7-24/h4-5,8,10-11,15-16H,2-3,6-7,9H2,1H3,(H,22,25). The van der Waals surface area contributed by atoms with Gasteiger partial charge in [-0.05, 0) is 48.9 Å². The second kappa shape index (κ2) is 6.76. The first-order chi connectivity index (χ1) is 12.5. The molecule has 1 N–H and O–H groups in total. The van der Waals surface area contributed by atoms with E-state index in [1.54, 1.807) is 29.1 Å². The summed E-state index contributed by atoms with van der Waals surface area (Å²) >= 11 is 6.10. The quantitative estimate of drug-likeness (QED) is 0.896. The van der Waals surface area contributed by atoms with Crippen molar-refractivity contribution in [3.8, 4) is 0 Å². The van der Waals surface area contributed by atoms with Crippen LogP contribution >= 0.6 is 11.6 Å². The first-order valence-electron chi connectivity index (χ1n) is 8.91. The number of anilines is 1. The highest BCUT2D eigenvalue weighted by Gasteiger charge is 2.44. The molecule has 2 aromatic rings. The third-order valence-electron chi connectivity index (χ3n) is 5.14. The molecule has 1 aliphatic heterocycles. The van der Waals surface area contributed by atoms with Crippen LogP contribution in [0.5, 0.6) is 0 Å². The van der Waals surface area contributed by atoms with Crippen LogP contribution in [0.15, 0.2) is 30.6 Å². The zero-order valence-electron chi connectivity index (χ0n) is 14.6. The number of aryl methyl sites for hydroxylation is 1. The lowest BCUT2D eigenvalue weighted by atomic mass is 10.1. The summed E-state index contributed by atoms with van der Waals surface area (Å²) in [5.41, 5.74) is 2.08. The van der Waals surface area contributed by atoms with Crippen LogP contribution in [0.2, 0.25) is 5.02 Å². The van der Waals surface area contributed by atoms with Crippen LogP contribution in [0.1, 0.15) is 41.1 Å². The van der Waals surface area contributed by atoms with Crippen molar-refractivity contribution in [1.82, 2.24) is 14.7 Å². The minimum atomic E-state index is -0.0899. The van der Waals surface area contributed by atoms with Gasteiger partial charge in [0.1, 0.15) is 0 Å². The highest BCUT2D eigenvalue weighted by Crippen LogP contribution is 2.48. The van der Waals surface area contributed by atoms with Crippen LogP contribution in [-0.4, -0.2) is 39.6 Å². The Morgan fingerprint density at radius 3 is 2.73 bits per heavy atom. The minimum absolute atomic E-state index is 0.0472. The number of nitrogens with zero attached hydrogens (tertiary/aromatic N) is 3. The van der Waals surface area contributed by atoms with Gasteiger partial charge in [0, 0.05) is 37.3 Å². The summed E-state index contributed by atoms with van der Waals surface area (Å²) in [5, 5.41) is 7.59. The van der Waals surface area contributed by atoms with Gasteiger partial charge in [0.25, 0.3) is 5.91 Å². The van der Waals surface area contributed by atoms with E-state index in [-0.39, 0.29) is 23.7 Å². The maximum atomic E-state index is 12.8. The molecule has 1 saturated heterocycles. The number of hydrogen-bond acceptors (Lipinski definition) is 3. The van der Waals surface area contributed by atoms with Gasteiger partial charge in [-0.1, -0.05) is 11.6 Å². The van der Waals surface area contributed by atoms with E-state index in [2.05, 4.69) is 10.4 Å². The van der Waals surface area contributed by atoms with Gasteiger partial charge >= 0.3 is 0 Å². The van der Waals surface area contributed by atoms with Crippen LogP contribution < -0.4 is 5.32 Å². The van der Waals surface area contributed by atoms with Crippen molar-refractivity contribution in [1.29, 1.82) is 0 Å². The predicted molar refractivity (Wildman–Crippen MR) is 99.3 cm³/mol. The van der Waals surface area contributed by atoms with Gasteiger partial charge in [0.15, 0.2) is 0 Å². The molecule has 0 bridgehead atoms. The predicted octanol–water partition coefficient (Wildman–Crippen LogP) is 3.05. The third kappa shape index (κ3) is 3.33. The van der Waals surface area contributed by atoms with Crippen LogP contribution in [0.3, 0.4) is 0 Å². The van der Waals surface area contributed by atoms with Crippen molar-refractivity contribution in [2.24, 2.45) is 13.0 Å². The van der Waals surface area contributed by atoms with Gasteiger partial charge < -0.3 is 10.2 Å². The Morgan fingerprint density at radius 1 is 1.27 bits per heavy atom. The topological polar surface area (TPSA) is 67.2 Å². The SMILES string of the molecule is Cn1cc(C2CC2C(=O)Nc2cc(Cl)ccc2C(=O)N2CCCC2)cn1. The maximum Gasteiger partial charge on any atom is 0.255 e. The summed E-state index contributed by atoms with van der Waals surface area (Å²) < 4.78 is 1.74. The number of likely N-dealkylation sites (tertiary alicyclic amines) is 1. The number of rotatable bonds is 4. The van der Waals surface area contributed by atoms with Gasteiger partial charge in [-0.3, -0.25) is 14.3 Å². The first-order valence-corrected chi connectivity index (χ1v) is 9.29. The van der Waals surface area contributed by atoms with E-state index in [0.29, 0.717) is 16.3 Å². The Labute approximate surface area is 157 Å². The molecule has 2 amide bonds. The van der Waals surface area contributed by atoms with E-state index >= 15 is 0 Å². The molecule has 2 atom stereocenters. The van der Waals surface area contributed by atoms with Gasteiger partial charge in [0.05, 0.1) is 17.4 Å². The zero-order chi connectivity index (χ0) is 18.3. The summed E-state index contributed by atoms with van der Waals surface area (Å²) in [6.45, 7) is 1.53. The van der Waals surface area contributed by atoms with E-state index in [0.717, 1.165) is 37.9 Å². The van der Waals surface area contributed by atoms with Crippen molar-refractivity contribution in [3.63, 3.8) is 0 Å². The van der Waals surface area contributed by atoms with E-state index < -0.39 is 0 Å². The molecule has 1 aromatic heterocycles. The molecule has 2 aliphatic rings. The number of carbonyl (C=O) groups is 2. The number of hydrogen-bond donors (Lipinski definition) is 1. The van der Waals surface area contributed by atoms with Crippen LogP contribution in [-0.2, 0) is 11.8 Å².